The van der Waals surface area contributed by atoms with Crippen LogP contribution in [0.5, 0.6) is 0 Å². The van der Waals surface area contributed by atoms with Crippen LogP contribution in [0.1, 0.15) is 22.5 Å². The lowest BCUT2D eigenvalue weighted by Gasteiger charge is -2.09. The molecule has 1 heterocycles. The van der Waals surface area contributed by atoms with Crippen molar-refractivity contribution in [2.24, 2.45) is 0 Å². The zero-order valence-electron chi connectivity index (χ0n) is 16.6. The predicted octanol–water partition coefficient (Wildman–Crippen LogP) is 5.02. The quantitative estimate of drug-likeness (QED) is 0.507. The fourth-order valence-corrected chi connectivity index (χ4v) is 3.51. The van der Waals surface area contributed by atoms with Gasteiger partial charge in [-0.15, -0.1) is 0 Å². The Kier molecular flexibility index (Phi) is 5.29. The second kappa shape index (κ2) is 8.19. The molecule has 0 fully saturated rings. The van der Waals surface area contributed by atoms with Crippen LogP contribution in [0.15, 0.2) is 72.8 Å². The molecular weight excluding hydrogens is 360 g/mol. The summed E-state index contributed by atoms with van der Waals surface area (Å²) in [5.74, 6) is 0. The van der Waals surface area contributed by atoms with Gasteiger partial charge in [-0.25, -0.2) is 4.79 Å². The molecule has 0 aliphatic carbocycles. The van der Waals surface area contributed by atoms with Gasteiger partial charge in [-0.05, 0) is 42.3 Å². The lowest BCUT2D eigenvalue weighted by molar-refractivity contribution is 0.251. The van der Waals surface area contributed by atoms with E-state index in [-0.39, 0.29) is 6.03 Å². The number of carbonyl (C=O) groups excluding carboxylic acids is 1. The molecule has 0 spiro atoms. The number of aryl methyl sites for hydroxylation is 1. The minimum Gasteiger partial charge on any atom is -0.334 e. The van der Waals surface area contributed by atoms with Crippen molar-refractivity contribution in [2.75, 3.05) is 5.32 Å². The van der Waals surface area contributed by atoms with Crippen molar-refractivity contribution in [2.45, 2.75) is 26.9 Å². The van der Waals surface area contributed by atoms with Crippen molar-refractivity contribution in [3.63, 3.8) is 0 Å². The van der Waals surface area contributed by atoms with Crippen molar-refractivity contribution < 1.29 is 4.79 Å². The Balaban J connectivity index is 1.41. The lowest BCUT2D eigenvalue weighted by Crippen LogP contribution is -2.28. The Labute approximate surface area is 170 Å². The maximum absolute atomic E-state index is 12.4. The van der Waals surface area contributed by atoms with Crippen molar-refractivity contribution in [3.05, 3.63) is 95.3 Å². The standard InChI is InChI=1S/C24H24N4O/c1-17-23(18(2)28(27-17)16-19-8-4-3-5-9-19)15-25-24(29)26-22-13-12-20-10-6-7-11-21(20)14-22/h3-14H,15-16H2,1-2H3,(H2,25,26,29). The highest BCUT2D eigenvalue weighted by molar-refractivity contribution is 5.93. The Morgan fingerprint density at radius 2 is 1.66 bits per heavy atom. The summed E-state index contributed by atoms with van der Waals surface area (Å²) in [5.41, 5.74) is 5.03. The van der Waals surface area contributed by atoms with E-state index in [1.165, 1.54) is 5.56 Å². The van der Waals surface area contributed by atoms with Crippen LogP contribution in [0.4, 0.5) is 10.5 Å². The van der Waals surface area contributed by atoms with Gasteiger partial charge in [0.15, 0.2) is 0 Å². The third-order valence-electron chi connectivity index (χ3n) is 5.14. The number of nitrogens with zero attached hydrogens (tertiary/aromatic N) is 2. The highest BCUT2D eigenvalue weighted by Gasteiger charge is 2.13. The van der Waals surface area contributed by atoms with Gasteiger partial charge in [0.25, 0.3) is 0 Å². The third kappa shape index (κ3) is 4.29. The molecule has 5 nitrogen and oxygen atoms in total. The molecule has 0 radical (unpaired) electrons. The minimum absolute atomic E-state index is 0.227. The van der Waals surface area contributed by atoms with E-state index in [0.717, 1.165) is 40.0 Å². The lowest BCUT2D eigenvalue weighted by atomic mass is 10.1. The second-order valence-corrected chi connectivity index (χ2v) is 7.16. The van der Waals surface area contributed by atoms with E-state index >= 15 is 0 Å². The molecule has 3 aromatic carbocycles. The number of hydrogen-bond donors (Lipinski definition) is 2. The molecule has 0 aliphatic rings. The van der Waals surface area contributed by atoms with Crippen LogP contribution in [0.2, 0.25) is 0 Å². The number of amides is 2. The summed E-state index contributed by atoms with van der Waals surface area (Å²) in [7, 11) is 0. The van der Waals surface area contributed by atoms with Crippen molar-refractivity contribution >= 4 is 22.5 Å². The minimum atomic E-state index is -0.227. The fraction of sp³-hybridized carbons (Fsp3) is 0.167. The number of fused-ring (bicyclic) bond motifs is 1. The molecule has 0 atom stereocenters. The summed E-state index contributed by atoms with van der Waals surface area (Å²) in [5, 5.41) is 12.8. The smallest absolute Gasteiger partial charge is 0.319 e. The first-order chi connectivity index (χ1) is 14.1. The Hall–Kier alpha value is -3.60. The number of nitrogens with one attached hydrogen (secondary N) is 2. The van der Waals surface area contributed by atoms with Gasteiger partial charge in [0.05, 0.1) is 12.2 Å². The number of aromatic nitrogens is 2. The highest BCUT2D eigenvalue weighted by Crippen LogP contribution is 2.19. The van der Waals surface area contributed by atoms with E-state index in [0.29, 0.717) is 6.54 Å². The first-order valence-corrected chi connectivity index (χ1v) is 9.70. The number of rotatable bonds is 5. The number of carbonyl (C=O) groups is 1. The van der Waals surface area contributed by atoms with E-state index in [1.807, 2.05) is 73.1 Å². The zero-order chi connectivity index (χ0) is 20.2. The Morgan fingerprint density at radius 3 is 2.45 bits per heavy atom. The molecule has 0 bridgehead atoms. The highest BCUT2D eigenvalue weighted by atomic mass is 16.2. The monoisotopic (exact) mass is 384 g/mol. The Morgan fingerprint density at radius 1 is 0.931 bits per heavy atom. The fourth-order valence-electron chi connectivity index (χ4n) is 3.51. The maximum Gasteiger partial charge on any atom is 0.319 e. The van der Waals surface area contributed by atoms with Crippen LogP contribution in [0.3, 0.4) is 0 Å². The van der Waals surface area contributed by atoms with E-state index in [9.17, 15) is 4.79 Å². The normalized spacial score (nSPS) is 10.8. The first kappa shape index (κ1) is 18.7. The van der Waals surface area contributed by atoms with Gasteiger partial charge in [-0.2, -0.15) is 5.10 Å². The molecule has 2 N–H and O–H groups in total. The molecule has 29 heavy (non-hydrogen) atoms. The maximum atomic E-state index is 12.4. The van der Waals surface area contributed by atoms with Crippen LogP contribution in [0, 0.1) is 13.8 Å². The van der Waals surface area contributed by atoms with Crippen molar-refractivity contribution in [3.8, 4) is 0 Å². The molecule has 5 heteroatoms. The molecular formula is C24H24N4O. The predicted molar refractivity (Wildman–Crippen MR) is 117 cm³/mol. The molecule has 0 saturated heterocycles. The van der Waals surface area contributed by atoms with Crippen molar-refractivity contribution in [1.29, 1.82) is 0 Å². The van der Waals surface area contributed by atoms with Gasteiger partial charge in [0.1, 0.15) is 0 Å². The average molecular weight is 384 g/mol. The van der Waals surface area contributed by atoms with Gasteiger partial charge in [-0.1, -0.05) is 60.7 Å². The molecule has 2 amide bonds. The summed E-state index contributed by atoms with van der Waals surface area (Å²) in [4.78, 5) is 12.4. The molecule has 4 rings (SSSR count). The molecule has 0 aliphatic heterocycles. The first-order valence-electron chi connectivity index (χ1n) is 9.70. The summed E-state index contributed by atoms with van der Waals surface area (Å²) in [6.07, 6.45) is 0. The number of anilines is 1. The van der Waals surface area contributed by atoms with E-state index in [2.05, 4.69) is 33.9 Å². The Bertz CT molecular complexity index is 1150. The van der Waals surface area contributed by atoms with Crippen LogP contribution in [-0.2, 0) is 13.1 Å². The van der Waals surface area contributed by atoms with Crippen LogP contribution in [0.25, 0.3) is 10.8 Å². The number of hydrogen-bond acceptors (Lipinski definition) is 2. The summed E-state index contributed by atoms with van der Waals surface area (Å²) in [6.45, 7) is 5.18. The summed E-state index contributed by atoms with van der Waals surface area (Å²) in [6, 6.07) is 24.0. The summed E-state index contributed by atoms with van der Waals surface area (Å²) < 4.78 is 1.99. The molecule has 146 valence electrons. The van der Waals surface area contributed by atoms with Gasteiger partial charge >= 0.3 is 6.03 Å². The SMILES string of the molecule is Cc1nn(Cc2ccccc2)c(C)c1CNC(=O)Nc1ccc2ccccc2c1. The largest absolute Gasteiger partial charge is 0.334 e. The van der Waals surface area contributed by atoms with Crippen LogP contribution in [-0.4, -0.2) is 15.8 Å². The topological polar surface area (TPSA) is 59.0 Å². The molecule has 4 aromatic rings. The number of benzene rings is 3. The second-order valence-electron chi connectivity index (χ2n) is 7.16. The molecule has 1 aromatic heterocycles. The van der Waals surface area contributed by atoms with E-state index in [1.54, 1.807) is 0 Å². The van der Waals surface area contributed by atoms with Gasteiger partial charge in [0.2, 0.25) is 0 Å². The van der Waals surface area contributed by atoms with Gasteiger partial charge in [0, 0.05) is 23.5 Å². The zero-order valence-corrected chi connectivity index (χ0v) is 16.6. The molecule has 0 saturated carbocycles. The van der Waals surface area contributed by atoms with Crippen LogP contribution >= 0.6 is 0 Å². The van der Waals surface area contributed by atoms with E-state index < -0.39 is 0 Å². The van der Waals surface area contributed by atoms with Crippen molar-refractivity contribution in [1.82, 2.24) is 15.1 Å². The summed E-state index contributed by atoms with van der Waals surface area (Å²) >= 11 is 0. The average Bonchev–Trinajstić information content (AvgIpc) is 2.99. The van der Waals surface area contributed by atoms with Gasteiger partial charge < -0.3 is 10.6 Å². The molecule has 0 unspecified atom stereocenters. The van der Waals surface area contributed by atoms with Crippen LogP contribution < -0.4 is 10.6 Å². The van der Waals surface area contributed by atoms with Gasteiger partial charge in [-0.3, -0.25) is 4.68 Å². The third-order valence-corrected chi connectivity index (χ3v) is 5.14. The van der Waals surface area contributed by atoms with E-state index in [4.69, 9.17) is 0 Å². The number of urea groups is 1.